The molecule has 0 radical (unpaired) electrons. The Morgan fingerprint density at radius 2 is 2.00 bits per heavy atom. The first-order valence-electron chi connectivity index (χ1n) is 3.39. The summed E-state index contributed by atoms with van der Waals surface area (Å²) in [5.41, 5.74) is 2.14. The fourth-order valence-electron chi connectivity index (χ4n) is 0.602. The summed E-state index contributed by atoms with van der Waals surface area (Å²) in [5.74, 6) is 0. The molecule has 0 aromatic heterocycles. The van der Waals surface area contributed by atoms with E-state index in [0.29, 0.717) is 0 Å². The van der Waals surface area contributed by atoms with E-state index in [4.69, 9.17) is 0 Å². The summed E-state index contributed by atoms with van der Waals surface area (Å²) < 4.78 is 0. The SMILES string of the molecule is C=CC(=C)/C=C(\C=C)CC.[HH]. The maximum Gasteiger partial charge on any atom is 0 e. The van der Waals surface area contributed by atoms with Crippen molar-refractivity contribution in [1.82, 2.24) is 0 Å². The Bertz CT molecular complexity index is 175. The van der Waals surface area contributed by atoms with Crippen LogP contribution in [0.2, 0.25) is 0 Å². The van der Waals surface area contributed by atoms with Gasteiger partial charge in [0.25, 0.3) is 0 Å². The second-order valence-corrected chi connectivity index (χ2v) is 2.06. The third-order valence-corrected chi connectivity index (χ3v) is 1.30. The van der Waals surface area contributed by atoms with Crippen LogP contribution in [-0.2, 0) is 0 Å². The Labute approximate surface area is 64.8 Å². The summed E-state index contributed by atoms with van der Waals surface area (Å²) in [6.07, 6.45) is 6.56. The van der Waals surface area contributed by atoms with E-state index in [9.17, 15) is 0 Å². The monoisotopic (exact) mass is 136 g/mol. The van der Waals surface area contributed by atoms with Crippen molar-refractivity contribution in [2.75, 3.05) is 0 Å². The standard InChI is InChI=1S/C10H14.H2/c1-5-9(4)8-10(6-2)7-3;/h5-6,8H,1-2,4,7H2,3H3;1H/b10-8+;. The molecule has 0 aliphatic rings. The minimum atomic E-state index is 0. The fraction of sp³-hybridized carbons (Fsp3) is 0.200. The van der Waals surface area contributed by atoms with Crippen molar-refractivity contribution < 1.29 is 1.43 Å². The van der Waals surface area contributed by atoms with E-state index >= 15 is 0 Å². The Morgan fingerprint density at radius 3 is 2.30 bits per heavy atom. The third-order valence-electron chi connectivity index (χ3n) is 1.30. The average molecular weight is 136 g/mol. The Balaban J connectivity index is 0. The van der Waals surface area contributed by atoms with Gasteiger partial charge in [-0.15, -0.1) is 0 Å². The van der Waals surface area contributed by atoms with Crippen molar-refractivity contribution in [2.45, 2.75) is 13.3 Å². The first-order valence-corrected chi connectivity index (χ1v) is 3.39. The molecule has 0 fully saturated rings. The summed E-state index contributed by atoms with van der Waals surface area (Å²) in [5, 5.41) is 0. The molecule has 0 atom stereocenters. The van der Waals surface area contributed by atoms with E-state index in [-0.39, 0.29) is 1.43 Å². The molecule has 0 aliphatic heterocycles. The number of hydrogen-bond acceptors (Lipinski definition) is 0. The molecular weight excluding hydrogens is 120 g/mol. The smallest absolute Gasteiger partial charge is 0 e. The lowest BCUT2D eigenvalue weighted by Gasteiger charge is -1.94. The number of rotatable bonds is 4. The Morgan fingerprint density at radius 1 is 1.40 bits per heavy atom. The van der Waals surface area contributed by atoms with Crippen molar-refractivity contribution in [3.05, 3.63) is 49.1 Å². The van der Waals surface area contributed by atoms with Crippen LogP contribution in [0, 0.1) is 0 Å². The molecule has 0 aromatic rings. The van der Waals surface area contributed by atoms with Gasteiger partial charge in [0, 0.05) is 1.43 Å². The molecule has 0 aliphatic carbocycles. The van der Waals surface area contributed by atoms with Crippen molar-refractivity contribution in [3.8, 4) is 0 Å². The largest absolute Gasteiger partial charge is 0.0988 e. The van der Waals surface area contributed by atoms with Crippen molar-refractivity contribution >= 4 is 0 Å². The van der Waals surface area contributed by atoms with Gasteiger partial charge < -0.3 is 0 Å². The highest BCUT2D eigenvalue weighted by Crippen LogP contribution is 2.05. The molecule has 0 saturated heterocycles. The first kappa shape index (κ1) is 8.96. The predicted molar refractivity (Wildman–Crippen MR) is 50.0 cm³/mol. The summed E-state index contributed by atoms with van der Waals surface area (Å²) >= 11 is 0. The second-order valence-electron chi connectivity index (χ2n) is 2.06. The van der Waals surface area contributed by atoms with Gasteiger partial charge in [-0.25, -0.2) is 0 Å². The highest BCUT2D eigenvalue weighted by atomic mass is 13.9. The summed E-state index contributed by atoms with van der Waals surface area (Å²) in [4.78, 5) is 0. The molecule has 0 nitrogen and oxygen atoms in total. The maximum atomic E-state index is 3.77. The highest BCUT2D eigenvalue weighted by molar-refractivity contribution is 5.33. The van der Waals surface area contributed by atoms with Gasteiger partial charge in [0.15, 0.2) is 0 Å². The zero-order valence-electron chi connectivity index (χ0n) is 6.56. The molecule has 0 N–H and O–H groups in total. The molecule has 0 heterocycles. The fourth-order valence-corrected chi connectivity index (χ4v) is 0.602. The van der Waals surface area contributed by atoms with Crippen LogP contribution in [0.1, 0.15) is 14.8 Å². The zero-order valence-corrected chi connectivity index (χ0v) is 6.56. The third kappa shape index (κ3) is 3.08. The van der Waals surface area contributed by atoms with Crippen LogP contribution in [0.25, 0.3) is 0 Å². The van der Waals surface area contributed by atoms with Gasteiger partial charge in [-0.05, 0) is 17.6 Å². The van der Waals surface area contributed by atoms with E-state index in [1.165, 1.54) is 5.57 Å². The maximum absolute atomic E-state index is 3.77. The molecular formula is C10H16. The van der Waals surface area contributed by atoms with E-state index in [2.05, 4.69) is 26.7 Å². The normalized spacial score (nSPS) is 10.7. The first-order chi connectivity index (χ1) is 4.74. The van der Waals surface area contributed by atoms with Gasteiger partial charge in [-0.2, -0.15) is 0 Å². The van der Waals surface area contributed by atoms with E-state index in [0.717, 1.165) is 12.0 Å². The molecule has 0 saturated carbocycles. The summed E-state index contributed by atoms with van der Waals surface area (Å²) in [6, 6.07) is 0. The molecule has 0 bridgehead atoms. The molecule has 0 spiro atoms. The van der Waals surface area contributed by atoms with Gasteiger partial charge in [-0.1, -0.05) is 44.9 Å². The average Bonchev–Trinajstić information content (AvgIpc) is 1.99. The van der Waals surface area contributed by atoms with Gasteiger partial charge in [-0.3, -0.25) is 0 Å². The number of hydrogen-bond donors (Lipinski definition) is 0. The quantitative estimate of drug-likeness (QED) is 0.519. The predicted octanol–water partition coefficient (Wildman–Crippen LogP) is 3.50. The molecule has 0 amide bonds. The van der Waals surface area contributed by atoms with Gasteiger partial charge in [0.05, 0.1) is 0 Å². The van der Waals surface area contributed by atoms with Crippen LogP contribution >= 0.6 is 0 Å². The minimum absolute atomic E-state index is 0. The van der Waals surface area contributed by atoms with Gasteiger partial charge >= 0.3 is 0 Å². The zero-order chi connectivity index (χ0) is 7.98. The van der Waals surface area contributed by atoms with Crippen LogP contribution in [0.15, 0.2) is 49.1 Å². The molecule has 10 heavy (non-hydrogen) atoms. The van der Waals surface area contributed by atoms with Crippen LogP contribution in [0.3, 0.4) is 0 Å². The van der Waals surface area contributed by atoms with Gasteiger partial charge in [0.2, 0.25) is 0 Å². The van der Waals surface area contributed by atoms with E-state index in [1.807, 2.05) is 12.2 Å². The molecule has 0 aromatic carbocycles. The van der Waals surface area contributed by atoms with Crippen LogP contribution in [0.5, 0.6) is 0 Å². The van der Waals surface area contributed by atoms with Gasteiger partial charge in [0.1, 0.15) is 0 Å². The number of allylic oxidation sites excluding steroid dienone is 5. The van der Waals surface area contributed by atoms with Crippen LogP contribution < -0.4 is 0 Å². The highest BCUT2D eigenvalue weighted by Gasteiger charge is 1.85. The summed E-state index contributed by atoms with van der Waals surface area (Å²) in [7, 11) is 0. The van der Waals surface area contributed by atoms with Crippen LogP contribution in [0.4, 0.5) is 0 Å². The lowest BCUT2D eigenvalue weighted by atomic mass is 10.1. The van der Waals surface area contributed by atoms with Crippen molar-refractivity contribution in [2.24, 2.45) is 0 Å². The molecule has 0 unspecified atom stereocenters. The Kier molecular flexibility index (Phi) is 4.30. The lowest BCUT2D eigenvalue weighted by molar-refractivity contribution is 1.15. The van der Waals surface area contributed by atoms with Crippen molar-refractivity contribution in [3.63, 3.8) is 0 Å². The van der Waals surface area contributed by atoms with Crippen LogP contribution in [-0.4, -0.2) is 0 Å². The second kappa shape index (κ2) is 4.80. The topological polar surface area (TPSA) is 0 Å². The van der Waals surface area contributed by atoms with Crippen molar-refractivity contribution in [1.29, 1.82) is 0 Å². The van der Waals surface area contributed by atoms with E-state index in [1.54, 1.807) is 6.08 Å². The molecule has 0 heteroatoms. The molecule has 0 rings (SSSR count). The lowest BCUT2D eigenvalue weighted by Crippen LogP contribution is -1.74. The summed E-state index contributed by atoms with van der Waals surface area (Å²) in [6.45, 7) is 13.1. The minimum Gasteiger partial charge on any atom is -0.0988 e. The Hall–Kier alpha value is -1.04. The molecule has 56 valence electrons. The van der Waals surface area contributed by atoms with E-state index < -0.39 is 0 Å².